The van der Waals surface area contributed by atoms with Gasteiger partial charge in [0.1, 0.15) is 11.6 Å². The van der Waals surface area contributed by atoms with Crippen LogP contribution < -0.4 is 10.5 Å². The van der Waals surface area contributed by atoms with Crippen LogP contribution in [0.25, 0.3) is 0 Å². The normalized spacial score (nSPS) is 25.5. The second kappa shape index (κ2) is 5.79. The molecule has 2 unspecified atom stereocenters. The number of halogens is 1. The predicted octanol–water partition coefficient (Wildman–Crippen LogP) is 2.33. The molecule has 1 fully saturated rings. The molecule has 1 aromatic rings. The van der Waals surface area contributed by atoms with Crippen molar-refractivity contribution >= 4 is 5.97 Å². The van der Waals surface area contributed by atoms with Gasteiger partial charge in [-0.1, -0.05) is 6.07 Å². The van der Waals surface area contributed by atoms with E-state index < -0.39 is 17.3 Å². The molecule has 0 bridgehead atoms. The topological polar surface area (TPSA) is 61.5 Å². The highest BCUT2D eigenvalue weighted by atomic mass is 19.1. The molecule has 1 aliphatic carbocycles. The molecular formula is C15H20FNO3. The van der Waals surface area contributed by atoms with Crippen LogP contribution in [-0.4, -0.2) is 24.2 Å². The SMILES string of the molecule is CCOC(=O)C1(N)CCC(Oc2cc(C)ccc2F)C1. The van der Waals surface area contributed by atoms with Crippen molar-refractivity contribution in [2.45, 2.75) is 44.8 Å². The summed E-state index contributed by atoms with van der Waals surface area (Å²) >= 11 is 0. The maximum absolute atomic E-state index is 13.6. The van der Waals surface area contributed by atoms with Crippen LogP contribution in [0.4, 0.5) is 4.39 Å². The van der Waals surface area contributed by atoms with Crippen LogP contribution >= 0.6 is 0 Å². The van der Waals surface area contributed by atoms with Crippen LogP contribution in [0.2, 0.25) is 0 Å². The first kappa shape index (κ1) is 14.8. The third kappa shape index (κ3) is 3.10. The Morgan fingerprint density at radius 2 is 2.30 bits per heavy atom. The van der Waals surface area contributed by atoms with Gasteiger partial charge in [0.2, 0.25) is 0 Å². The van der Waals surface area contributed by atoms with Gasteiger partial charge in [-0.25, -0.2) is 4.39 Å². The minimum Gasteiger partial charge on any atom is -0.487 e. The van der Waals surface area contributed by atoms with Gasteiger partial charge >= 0.3 is 5.97 Å². The van der Waals surface area contributed by atoms with Crippen LogP contribution in [0, 0.1) is 12.7 Å². The van der Waals surface area contributed by atoms with Crippen LogP contribution in [0.5, 0.6) is 5.75 Å². The summed E-state index contributed by atoms with van der Waals surface area (Å²) in [5.41, 5.74) is 5.96. The summed E-state index contributed by atoms with van der Waals surface area (Å²) in [6, 6.07) is 4.71. The maximum atomic E-state index is 13.6. The molecule has 2 rings (SSSR count). The first-order chi connectivity index (χ1) is 9.44. The smallest absolute Gasteiger partial charge is 0.326 e. The highest BCUT2D eigenvalue weighted by Gasteiger charge is 2.44. The van der Waals surface area contributed by atoms with E-state index in [0.717, 1.165) is 5.56 Å². The number of carbonyl (C=O) groups is 1. The molecule has 110 valence electrons. The summed E-state index contributed by atoms with van der Waals surface area (Å²) < 4.78 is 24.3. The molecule has 2 N–H and O–H groups in total. The molecule has 5 heteroatoms. The lowest BCUT2D eigenvalue weighted by molar-refractivity contribution is -0.149. The standard InChI is InChI=1S/C15H20FNO3/c1-3-19-14(18)15(17)7-6-11(9-15)20-13-8-10(2)4-5-12(13)16/h4-5,8,11H,3,6-7,9,17H2,1-2H3. The van der Waals surface area contributed by atoms with Crippen molar-refractivity contribution in [2.24, 2.45) is 5.73 Å². The Kier molecular flexibility index (Phi) is 4.28. The summed E-state index contributed by atoms with van der Waals surface area (Å²) in [5, 5.41) is 0. The van der Waals surface area contributed by atoms with E-state index in [2.05, 4.69) is 0 Å². The van der Waals surface area contributed by atoms with Crippen molar-refractivity contribution in [3.63, 3.8) is 0 Å². The van der Waals surface area contributed by atoms with Crippen molar-refractivity contribution in [3.05, 3.63) is 29.6 Å². The van der Waals surface area contributed by atoms with Crippen molar-refractivity contribution in [1.29, 1.82) is 0 Å². The van der Waals surface area contributed by atoms with Crippen LogP contribution in [0.1, 0.15) is 31.7 Å². The van der Waals surface area contributed by atoms with E-state index in [1.807, 2.05) is 6.92 Å². The maximum Gasteiger partial charge on any atom is 0.326 e. The molecule has 0 radical (unpaired) electrons. The summed E-state index contributed by atoms with van der Waals surface area (Å²) in [6.45, 7) is 3.91. The lowest BCUT2D eigenvalue weighted by atomic mass is 9.99. The van der Waals surface area contributed by atoms with E-state index >= 15 is 0 Å². The summed E-state index contributed by atoms with van der Waals surface area (Å²) in [7, 11) is 0. The third-order valence-corrected chi connectivity index (χ3v) is 3.57. The number of nitrogens with two attached hydrogens (primary N) is 1. The van der Waals surface area contributed by atoms with Gasteiger partial charge in [-0.05, 0) is 44.4 Å². The van der Waals surface area contributed by atoms with E-state index in [9.17, 15) is 9.18 Å². The highest BCUT2D eigenvalue weighted by molar-refractivity contribution is 5.81. The average molecular weight is 281 g/mol. The van der Waals surface area contributed by atoms with Gasteiger partial charge < -0.3 is 15.2 Å². The number of hydrogen-bond acceptors (Lipinski definition) is 4. The van der Waals surface area contributed by atoms with Crippen molar-refractivity contribution in [2.75, 3.05) is 6.61 Å². The highest BCUT2D eigenvalue weighted by Crippen LogP contribution is 2.33. The third-order valence-electron chi connectivity index (χ3n) is 3.57. The molecule has 0 spiro atoms. The van der Waals surface area contributed by atoms with Gasteiger partial charge in [-0.2, -0.15) is 0 Å². The largest absolute Gasteiger partial charge is 0.487 e. The van der Waals surface area contributed by atoms with E-state index in [1.165, 1.54) is 6.07 Å². The minimum absolute atomic E-state index is 0.211. The first-order valence-corrected chi connectivity index (χ1v) is 6.83. The number of benzene rings is 1. The Balaban J connectivity index is 2.03. The number of rotatable bonds is 4. The molecule has 2 atom stereocenters. The second-order valence-corrected chi connectivity index (χ2v) is 5.29. The van der Waals surface area contributed by atoms with Gasteiger partial charge in [0.05, 0.1) is 6.61 Å². The molecule has 20 heavy (non-hydrogen) atoms. The van der Waals surface area contributed by atoms with Gasteiger partial charge in [-0.3, -0.25) is 4.79 Å². The predicted molar refractivity (Wildman–Crippen MR) is 73.0 cm³/mol. The number of ether oxygens (including phenoxy) is 2. The Morgan fingerprint density at radius 3 is 3.00 bits per heavy atom. The van der Waals surface area contributed by atoms with Gasteiger partial charge in [0, 0.05) is 6.42 Å². The van der Waals surface area contributed by atoms with Gasteiger partial charge in [0.25, 0.3) is 0 Å². The minimum atomic E-state index is -1.01. The summed E-state index contributed by atoms with van der Waals surface area (Å²) in [4.78, 5) is 11.8. The van der Waals surface area contributed by atoms with Gasteiger partial charge in [0.15, 0.2) is 11.6 Å². The Morgan fingerprint density at radius 1 is 1.55 bits per heavy atom. The molecule has 0 amide bonds. The first-order valence-electron chi connectivity index (χ1n) is 6.83. The lowest BCUT2D eigenvalue weighted by Crippen LogP contribution is -2.47. The van der Waals surface area contributed by atoms with E-state index in [1.54, 1.807) is 19.1 Å². The van der Waals surface area contributed by atoms with Crippen LogP contribution in [-0.2, 0) is 9.53 Å². The molecule has 1 aromatic carbocycles. The van der Waals surface area contributed by atoms with Crippen LogP contribution in [0.15, 0.2) is 18.2 Å². The molecule has 0 heterocycles. The van der Waals surface area contributed by atoms with E-state index in [0.29, 0.717) is 25.9 Å². The van der Waals surface area contributed by atoms with E-state index in [4.69, 9.17) is 15.2 Å². The number of carbonyl (C=O) groups excluding carboxylic acids is 1. The van der Waals surface area contributed by atoms with E-state index in [-0.39, 0.29) is 11.9 Å². The Bertz CT molecular complexity index is 506. The monoisotopic (exact) mass is 281 g/mol. The van der Waals surface area contributed by atoms with Crippen molar-refractivity contribution in [1.82, 2.24) is 0 Å². The fourth-order valence-corrected chi connectivity index (χ4v) is 2.47. The molecule has 0 aromatic heterocycles. The summed E-state index contributed by atoms with van der Waals surface area (Å²) in [5.74, 6) is -0.597. The molecular weight excluding hydrogens is 261 g/mol. The Hall–Kier alpha value is -1.62. The van der Waals surface area contributed by atoms with Crippen molar-refractivity contribution in [3.8, 4) is 5.75 Å². The van der Waals surface area contributed by atoms with Crippen molar-refractivity contribution < 1.29 is 18.7 Å². The second-order valence-electron chi connectivity index (χ2n) is 5.29. The summed E-state index contributed by atoms with van der Waals surface area (Å²) in [6.07, 6.45) is 1.19. The number of aryl methyl sites for hydroxylation is 1. The quantitative estimate of drug-likeness (QED) is 0.860. The molecule has 0 aliphatic heterocycles. The number of hydrogen-bond donors (Lipinski definition) is 1. The molecule has 4 nitrogen and oxygen atoms in total. The van der Waals surface area contributed by atoms with Gasteiger partial charge in [-0.15, -0.1) is 0 Å². The fourth-order valence-electron chi connectivity index (χ4n) is 2.47. The molecule has 1 saturated carbocycles. The fraction of sp³-hybridized carbons (Fsp3) is 0.533. The zero-order valence-corrected chi connectivity index (χ0v) is 11.8. The zero-order chi connectivity index (χ0) is 14.8. The lowest BCUT2D eigenvalue weighted by Gasteiger charge is -2.21. The van der Waals surface area contributed by atoms with Crippen LogP contribution in [0.3, 0.4) is 0 Å². The number of esters is 1. The average Bonchev–Trinajstić information content (AvgIpc) is 2.77. The molecule has 1 aliphatic rings. The zero-order valence-electron chi connectivity index (χ0n) is 11.8. The Labute approximate surface area is 118 Å². The molecule has 0 saturated heterocycles.